The first-order valence-electron chi connectivity index (χ1n) is 9.66. The van der Waals surface area contributed by atoms with Crippen molar-refractivity contribution in [2.75, 3.05) is 13.1 Å². The number of rotatable bonds is 4. The molecule has 0 spiro atoms. The monoisotopic (exact) mass is 344 g/mol. The molecule has 1 aliphatic heterocycles. The topological polar surface area (TPSA) is 34.0 Å². The molecule has 0 bridgehead atoms. The quantitative estimate of drug-likeness (QED) is 0.720. The summed E-state index contributed by atoms with van der Waals surface area (Å²) in [7, 11) is 0. The van der Waals surface area contributed by atoms with Crippen molar-refractivity contribution >= 4 is 0 Å². The second-order valence-corrected chi connectivity index (χ2v) is 7.43. The van der Waals surface area contributed by atoms with Crippen molar-refractivity contribution in [1.29, 1.82) is 0 Å². The summed E-state index contributed by atoms with van der Waals surface area (Å²) in [4.78, 5) is 7.34. The van der Waals surface area contributed by atoms with E-state index in [1.165, 1.54) is 35.4 Å². The van der Waals surface area contributed by atoms with E-state index in [4.69, 9.17) is 10.1 Å². The SMILES string of the molecule is c1ccc(-c2ccccc2CN2CCc3nc(C4CC4)nn3CC2)cc1. The van der Waals surface area contributed by atoms with Crippen molar-refractivity contribution in [3.63, 3.8) is 0 Å². The van der Waals surface area contributed by atoms with Gasteiger partial charge in [0, 0.05) is 32.0 Å². The van der Waals surface area contributed by atoms with E-state index in [-0.39, 0.29) is 0 Å². The smallest absolute Gasteiger partial charge is 0.154 e. The van der Waals surface area contributed by atoms with Crippen LogP contribution < -0.4 is 0 Å². The number of nitrogens with zero attached hydrogens (tertiary/aromatic N) is 4. The van der Waals surface area contributed by atoms with Crippen LogP contribution in [0.3, 0.4) is 0 Å². The van der Waals surface area contributed by atoms with Crippen LogP contribution in [0, 0.1) is 0 Å². The van der Waals surface area contributed by atoms with Crippen LogP contribution in [0.1, 0.15) is 36.0 Å². The Hall–Kier alpha value is -2.46. The second kappa shape index (κ2) is 6.69. The third-order valence-electron chi connectivity index (χ3n) is 5.48. The first-order valence-corrected chi connectivity index (χ1v) is 9.66. The molecule has 2 aliphatic rings. The Bertz CT molecular complexity index is 870. The fourth-order valence-electron chi connectivity index (χ4n) is 3.83. The second-order valence-electron chi connectivity index (χ2n) is 7.43. The predicted molar refractivity (Wildman–Crippen MR) is 103 cm³/mol. The highest BCUT2D eigenvalue weighted by Gasteiger charge is 2.29. The highest BCUT2D eigenvalue weighted by Crippen LogP contribution is 2.38. The van der Waals surface area contributed by atoms with Gasteiger partial charge in [-0.05, 0) is 29.5 Å². The molecule has 1 aliphatic carbocycles. The lowest BCUT2D eigenvalue weighted by Gasteiger charge is -2.21. The third kappa shape index (κ3) is 3.17. The lowest BCUT2D eigenvalue weighted by atomic mass is 9.99. The van der Waals surface area contributed by atoms with E-state index in [1.807, 2.05) is 0 Å². The van der Waals surface area contributed by atoms with E-state index in [1.54, 1.807) is 0 Å². The van der Waals surface area contributed by atoms with Crippen molar-refractivity contribution in [3.05, 3.63) is 71.8 Å². The third-order valence-corrected chi connectivity index (χ3v) is 5.48. The molecule has 3 aromatic rings. The summed E-state index contributed by atoms with van der Waals surface area (Å²) >= 11 is 0. The Kier molecular flexibility index (Phi) is 4.06. The Labute approximate surface area is 154 Å². The average molecular weight is 344 g/mol. The Morgan fingerprint density at radius 1 is 0.885 bits per heavy atom. The molecule has 2 heterocycles. The van der Waals surface area contributed by atoms with Gasteiger partial charge in [0.2, 0.25) is 0 Å². The van der Waals surface area contributed by atoms with Crippen LogP contribution in [0.2, 0.25) is 0 Å². The molecule has 0 N–H and O–H groups in total. The number of hydrogen-bond acceptors (Lipinski definition) is 3. The lowest BCUT2D eigenvalue weighted by molar-refractivity contribution is 0.269. The summed E-state index contributed by atoms with van der Waals surface area (Å²) in [5, 5.41) is 4.76. The molecule has 0 amide bonds. The molecule has 0 atom stereocenters. The molecular formula is C22H24N4. The molecule has 132 valence electrons. The molecule has 4 heteroatoms. The number of aromatic nitrogens is 3. The average Bonchev–Trinajstić information content (AvgIpc) is 3.48. The summed E-state index contributed by atoms with van der Waals surface area (Å²) in [6.07, 6.45) is 3.53. The summed E-state index contributed by atoms with van der Waals surface area (Å²) < 4.78 is 2.15. The Morgan fingerprint density at radius 3 is 2.54 bits per heavy atom. The minimum Gasteiger partial charge on any atom is -0.297 e. The van der Waals surface area contributed by atoms with E-state index in [2.05, 4.69) is 64.2 Å². The van der Waals surface area contributed by atoms with Crippen LogP contribution in [0.15, 0.2) is 54.6 Å². The molecule has 1 saturated carbocycles. The lowest BCUT2D eigenvalue weighted by Crippen LogP contribution is -2.27. The summed E-state index contributed by atoms with van der Waals surface area (Å²) in [6, 6.07) is 19.5. The van der Waals surface area contributed by atoms with Gasteiger partial charge in [0.1, 0.15) is 5.82 Å². The number of fused-ring (bicyclic) bond motifs is 1. The highest BCUT2D eigenvalue weighted by atomic mass is 15.4. The Balaban J connectivity index is 1.32. The van der Waals surface area contributed by atoms with E-state index in [9.17, 15) is 0 Å². The fraction of sp³-hybridized carbons (Fsp3) is 0.364. The van der Waals surface area contributed by atoms with E-state index >= 15 is 0 Å². The molecule has 4 nitrogen and oxygen atoms in total. The first-order chi connectivity index (χ1) is 12.9. The molecule has 2 aromatic carbocycles. The van der Waals surface area contributed by atoms with Crippen molar-refractivity contribution < 1.29 is 0 Å². The molecule has 0 radical (unpaired) electrons. The summed E-state index contributed by atoms with van der Waals surface area (Å²) in [5.74, 6) is 2.90. The van der Waals surface area contributed by atoms with Gasteiger partial charge in [0.05, 0.1) is 6.54 Å². The Morgan fingerprint density at radius 2 is 1.69 bits per heavy atom. The molecule has 5 rings (SSSR count). The zero-order valence-electron chi connectivity index (χ0n) is 15.0. The van der Waals surface area contributed by atoms with Gasteiger partial charge < -0.3 is 0 Å². The van der Waals surface area contributed by atoms with Crippen molar-refractivity contribution in [3.8, 4) is 11.1 Å². The van der Waals surface area contributed by atoms with Crippen LogP contribution in [-0.4, -0.2) is 32.8 Å². The van der Waals surface area contributed by atoms with E-state index < -0.39 is 0 Å². The first kappa shape index (κ1) is 15.8. The zero-order chi connectivity index (χ0) is 17.3. The fourth-order valence-corrected chi connectivity index (χ4v) is 3.83. The van der Waals surface area contributed by atoms with Gasteiger partial charge in [-0.3, -0.25) is 4.90 Å². The van der Waals surface area contributed by atoms with Gasteiger partial charge in [-0.2, -0.15) is 5.10 Å². The van der Waals surface area contributed by atoms with Crippen LogP contribution in [0.4, 0.5) is 0 Å². The number of benzene rings is 2. The largest absolute Gasteiger partial charge is 0.297 e. The van der Waals surface area contributed by atoms with Crippen LogP contribution in [0.25, 0.3) is 11.1 Å². The standard InChI is InChI=1S/C22H24N4/c1-2-6-17(7-3-1)20-9-5-4-8-19(20)16-25-13-12-21-23-22(18-10-11-18)24-26(21)15-14-25/h1-9,18H,10-16H2. The van der Waals surface area contributed by atoms with Crippen molar-refractivity contribution in [1.82, 2.24) is 19.7 Å². The van der Waals surface area contributed by atoms with Crippen LogP contribution in [0.5, 0.6) is 0 Å². The maximum Gasteiger partial charge on any atom is 0.154 e. The molecule has 1 fully saturated rings. The van der Waals surface area contributed by atoms with Crippen molar-refractivity contribution in [2.45, 2.75) is 38.3 Å². The minimum atomic E-state index is 0.642. The molecule has 0 saturated heterocycles. The van der Waals surface area contributed by atoms with Gasteiger partial charge in [-0.15, -0.1) is 0 Å². The molecule has 26 heavy (non-hydrogen) atoms. The molecular weight excluding hydrogens is 320 g/mol. The molecule has 1 aromatic heterocycles. The maximum atomic E-state index is 4.80. The predicted octanol–water partition coefficient (Wildman–Crippen LogP) is 3.88. The van der Waals surface area contributed by atoms with E-state index in [0.717, 1.165) is 38.4 Å². The van der Waals surface area contributed by atoms with Gasteiger partial charge in [-0.25, -0.2) is 9.67 Å². The normalized spacial score (nSPS) is 17.7. The van der Waals surface area contributed by atoms with E-state index in [0.29, 0.717) is 5.92 Å². The van der Waals surface area contributed by atoms with Crippen LogP contribution in [-0.2, 0) is 19.5 Å². The number of hydrogen-bond donors (Lipinski definition) is 0. The van der Waals surface area contributed by atoms with Gasteiger partial charge in [0.15, 0.2) is 5.82 Å². The van der Waals surface area contributed by atoms with Gasteiger partial charge in [0.25, 0.3) is 0 Å². The maximum absolute atomic E-state index is 4.80. The highest BCUT2D eigenvalue weighted by molar-refractivity contribution is 5.67. The zero-order valence-corrected chi connectivity index (χ0v) is 15.0. The molecule has 0 unspecified atom stereocenters. The van der Waals surface area contributed by atoms with Gasteiger partial charge in [-0.1, -0.05) is 54.6 Å². The minimum absolute atomic E-state index is 0.642. The summed E-state index contributed by atoms with van der Waals surface area (Å²) in [5.41, 5.74) is 4.02. The van der Waals surface area contributed by atoms with Crippen LogP contribution >= 0.6 is 0 Å². The summed E-state index contributed by atoms with van der Waals surface area (Å²) in [6.45, 7) is 4.00. The van der Waals surface area contributed by atoms with Gasteiger partial charge >= 0.3 is 0 Å². The van der Waals surface area contributed by atoms with Crippen molar-refractivity contribution in [2.24, 2.45) is 0 Å².